The van der Waals surface area contributed by atoms with E-state index in [1.807, 2.05) is 30.3 Å². The Hall–Kier alpha value is -1.48. The largest absolute Gasteiger partial charge is 0.321 e. The van der Waals surface area contributed by atoms with E-state index in [9.17, 15) is 4.79 Å². The molecule has 1 amide bonds. The predicted molar refractivity (Wildman–Crippen MR) is 85.4 cm³/mol. The number of amides is 1. The highest BCUT2D eigenvalue weighted by Gasteiger charge is 2.08. The number of benzene rings is 2. The minimum atomic E-state index is -0.408. The Morgan fingerprint density at radius 1 is 1.00 bits per heavy atom. The maximum atomic E-state index is 11.9. The monoisotopic (exact) mass is 325 g/mol. The molecule has 102 valence electrons. The third kappa shape index (κ3) is 4.01. The zero-order chi connectivity index (χ0) is 14.5. The van der Waals surface area contributed by atoms with Crippen molar-refractivity contribution >= 4 is 52.5 Å². The van der Waals surface area contributed by atoms with Gasteiger partial charge in [-0.1, -0.05) is 65.1 Å². The van der Waals surface area contributed by atoms with Crippen LogP contribution in [0.4, 0.5) is 5.69 Å². The molecule has 2 aromatic rings. The SMILES string of the molecule is O=C(Nc1ccc(Cl)c(Cl)c1)C(Cl)=Cc1ccccc1. The zero-order valence-electron chi connectivity index (χ0n) is 10.2. The third-order valence-electron chi connectivity index (χ3n) is 2.49. The Labute approximate surface area is 132 Å². The number of anilines is 1. The number of carbonyl (C=O) groups is 1. The fraction of sp³-hybridized carbons (Fsp3) is 0. The summed E-state index contributed by atoms with van der Waals surface area (Å²) in [6, 6.07) is 14.2. The lowest BCUT2D eigenvalue weighted by Gasteiger charge is -2.05. The van der Waals surface area contributed by atoms with Crippen molar-refractivity contribution < 1.29 is 4.79 Å². The Bertz CT molecular complexity index is 653. The lowest BCUT2D eigenvalue weighted by atomic mass is 10.2. The Kier molecular flexibility index (Phi) is 5.07. The minimum Gasteiger partial charge on any atom is -0.321 e. The van der Waals surface area contributed by atoms with Crippen LogP contribution in [0.15, 0.2) is 53.6 Å². The Morgan fingerprint density at radius 3 is 2.35 bits per heavy atom. The third-order valence-corrected chi connectivity index (χ3v) is 3.51. The highest BCUT2D eigenvalue weighted by atomic mass is 35.5. The second kappa shape index (κ2) is 6.80. The van der Waals surface area contributed by atoms with Crippen molar-refractivity contribution in [1.29, 1.82) is 0 Å². The number of hydrogen-bond acceptors (Lipinski definition) is 1. The molecule has 0 saturated carbocycles. The van der Waals surface area contributed by atoms with Gasteiger partial charge in [0.15, 0.2) is 0 Å². The van der Waals surface area contributed by atoms with Gasteiger partial charge >= 0.3 is 0 Å². The van der Waals surface area contributed by atoms with Crippen LogP contribution >= 0.6 is 34.8 Å². The van der Waals surface area contributed by atoms with Crippen LogP contribution in [-0.2, 0) is 4.79 Å². The Morgan fingerprint density at radius 2 is 1.70 bits per heavy atom. The number of halogens is 3. The molecule has 0 unspecified atom stereocenters. The van der Waals surface area contributed by atoms with Gasteiger partial charge in [-0.2, -0.15) is 0 Å². The van der Waals surface area contributed by atoms with E-state index in [0.717, 1.165) is 5.56 Å². The van der Waals surface area contributed by atoms with Crippen LogP contribution in [0.5, 0.6) is 0 Å². The summed E-state index contributed by atoms with van der Waals surface area (Å²) >= 11 is 17.7. The molecule has 0 fully saturated rings. The Balaban J connectivity index is 2.11. The van der Waals surface area contributed by atoms with E-state index in [4.69, 9.17) is 34.8 Å². The van der Waals surface area contributed by atoms with Crippen molar-refractivity contribution in [2.24, 2.45) is 0 Å². The van der Waals surface area contributed by atoms with E-state index in [2.05, 4.69) is 5.32 Å². The summed E-state index contributed by atoms with van der Waals surface area (Å²) in [7, 11) is 0. The highest BCUT2D eigenvalue weighted by Crippen LogP contribution is 2.25. The first-order valence-electron chi connectivity index (χ1n) is 5.75. The molecule has 0 bridgehead atoms. The zero-order valence-corrected chi connectivity index (χ0v) is 12.5. The molecule has 2 aromatic carbocycles. The molecule has 0 atom stereocenters. The fourth-order valence-electron chi connectivity index (χ4n) is 1.53. The van der Waals surface area contributed by atoms with Crippen LogP contribution < -0.4 is 5.32 Å². The van der Waals surface area contributed by atoms with Gasteiger partial charge in [0.1, 0.15) is 5.03 Å². The molecule has 1 N–H and O–H groups in total. The summed E-state index contributed by atoms with van der Waals surface area (Å²) in [4.78, 5) is 11.9. The average Bonchev–Trinajstić information content (AvgIpc) is 2.44. The first kappa shape index (κ1) is 14.9. The van der Waals surface area contributed by atoms with Gasteiger partial charge in [-0.25, -0.2) is 0 Å². The second-order valence-corrected chi connectivity index (χ2v) is 5.21. The van der Waals surface area contributed by atoms with E-state index in [1.54, 1.807) is 24.3 Å². The van der Waals surface area contributed by atoms with Crippen LogP contribution in [0.25, 0.3) is 6.08 Å². The molecular formula is C15H10Cl3NO. The molecule has 0 heterocycles. The summed E-state index contributed by atoms with van der Waals surface area (Å²) in [5, 5.41) is 3.53. The summed E-state index contributed by atoms with van der Waals surface area (Å²) in [5.41, 5.74) is 1.38. The number of hydrogen-bond donors (Lipinski definition) is 1. The van der Waals surface area contributed by atoms with Gasteiger partial charge in [0.05, 0.1) is 10.0 Å². The molecular weight excluding hydrogens is 317 g/mol. The fourth-order valence-corrected chi connectivity index (χ4v) is 2.00. The van der Waals surface area contributed by atoms with Gasteiger partial charge in [-0.15, -0.1) is 0 Å². The molecule has 0 radical (unpaired) electrons. The van der Waals surface area contributed by atoms with Gasteiger partial charge in [-0.3, -0.25) is 4.79 Å². The van der Waals surface area contributed by atoms with Gasteiger partial charge in [0.25, 0.3) is 5.91 Å². The summed E-state index contributed by atoms with van der Waals surface area (Å²) in [5.74, 6) is -0.408. The molecule has 0 saturated heterocycles. The van der Waals surface area contributed by atoms with Gasteiger partial charge in [0, 0.05) is 5.69 Å². The van der Waals surface area contributed by atoms with Gasteiger partial charge < -0.3 is 5.32 Å². The van der Waals surface area contributed by atoms with E-state index >= 15 is 0 Å². The molecule has 20 heavy (non-hydrogen) atoms. The van der Waals surface area contributed by atoms with Crippen molar-refractivity contribution in [2.45, 2.75) is 0 Å². The maximum absolute atomic E-state index is 11.9. The quantitative estimate of drug-likeness (QED) is 0.771. The van der Waals surface area contributed by atoms with Gasteiger partial charge in [0.2, 0.25) is 0 Å². The summed E-state index contributed by atoms with van der Waals surface area (Å²) in [6.07, 6.45) is 1.59. The van der Waals surface area contributed by atoms with E-state index < -0.39 is 5.91 Å². The van der Waals surface area contributed by atoms with Crippen LogP contribution in [0, 0.1) is 0 Å². The summed E-state index contributed by atoms with van der Waals surface area (Å²) < 4.78 is 0. The van der Waals surface area contributed by atoms with Gasteiger partial charge in [-0.05, 0) is 29.8 Å². The lowest BCUT2D eigenvalue weighted by Crippen LogP contribution is -2.11. The van der Waals surface area contributed by atoms with E-state index in [0.29, 0.717) is 15.7 Å². The molecule has 0 aliphatic carbocycles. The molecule has 5 heteroatoms. The summed E-state index contributed by atoms with van der Waals surface area (Å²) in [6.45, 7) is 0. The first-order chi connectivity index (χ1) is 9.56. The molecule has 0 aliphatic rings. The second-order valence-electron chi connectivity index (χ2n) is 3.99. The van der Waals surface area contributed by atoms with Crippen LogP contribution in [0.2, 0.25) is 10.0 Å². The smallest absolute Gasteiger partial charge is 0.267 e. The van der Waals surface area contributed by atoms with Crippen molar-refractivity contribution in [1.82, 2.24) is 0 Å². The standard InChI is InChI=1S/C15H10Cl3NO/c16-12-7-6-11(9-13(12)17)19-15(20)14(18)8-10-4-2-1-3-5-10/h1-9H,(H,19,20). The molecule has 2 rings (SSSR count). The number of carbonyl (C=O) groups excluding carboxylic acids is 1. The minimum absolute atomic E-state index is 0.0854. The van der Waals surface area contributed by atoms with Crippen molar-refractivity contribution in [3.63, 3.8) is 0 Å². The number of rotatable bonds is 3. The van der Waals surface area contributed by atoms with E-state index in [-0.39, 0.29) is 5.03 Å². The van der Waals surface area contributed by atoms with Crippen molar-refractivity contribution in [2.75, 3.05) is 5.32 Å². The van der Waals surface area contributed by atoms with Crippen LogP contribution in [-0.4, -0.2) is 5.91 Å². The number of nitrogens with one attached hydrogen (secondary N) is 1. The highest BCUT2D eigenvalue weighted by molar-refractivity contribution is 6.46. The molecule has 2 nitrogen and oxygen atoms in total. The average molecular weight is 327 g/mol. The first-order valence-corrected chi connectivity index (χ1v) is 6.88. The molecule has 0 aliphatic heterocycles. The van der Waals surface area contributed by atoms with Crippen LogP contribution in [0.1, 0.15) is 5.56 Å². The molecule has 0 spiro atoms. The van der Waals surface area contributed by atoms with Crippen molar-refractivity contribution in [3.8, 4) is 0 Å². The predicted octanol–water partition coefficient (Wildman–Crippen LogP) is 5.21. The lowest BCUT2D eigenvalue weighted by molar-refractivity contribution is -0.112. The van der Waals surface area contributed by atoms with E-state index in [1.165, 1.54) is 0 Å². The topological polar surface area (TPSA) is 29.1 Å². The van der Waals surface area contributed by atoms with Crippen molar-refractivity contribution in [3.05, 3.63) is 69.2 Å². The molecule has 0 aromatic heterocycles. The maximum Gasteiger partial charge on any atom is 0.267 e. The normalized spacial score (nSPS) is 11.2. The van der Waals surface area contributed by atoms with Crippen LogP contribution in [0.3, 0.4) is 0 Å².